The second-order valence-electron chi connectivity index (χ2n) is 3.94. The summed E-state index contributed by atoms with van der Waals surface area (Å²) in [5.74, 6) is 0.183. The van der Waals surface area contributed by atoms with Crippen molar-refractivity contribution >= 4 is 53.9 Å². The van der Waals surface area contributed by atoms with Gasteiger partial charge >= 0.3 is 0 Å². The Morgan fingerprint density at radius 2 is 1.75 bits per heavy atom. The first-order valence-electron chi connectivity index (χ1n) is 5.48. The first kappa shape index (κ1) is 15.9. The lowest BCUT2D eigenvalue weighted by molar-refractivity contribution is 0.298. The summed E-state index contributed by atoms with van der Waals surface area (Å²) in [6.45, 7) is 0.248. The molecule has 0 saturated carbocycles. The highest BCUT2D eigenvalue weighted by Gasteiger charge is 2.17. The van der Waals surface area contributed by atoms with Gasteiger partial charge in [0.25, 0.3) is 9.05 Å². The monoisotopic (exact) mass is 442 g/mol. The van der Waals surface area contributed by atoms with Crippen LogP contribution in [0.5, 0.6) is 5.75 Å². The third kappa shape index (κ3) is 4.25. The van der Waals surface area contributed by atoms with Gasteiger partial charge in [-0.2, -0.15) is 0 Å². The van der Waals surface area contributed by atoms with E-state index in [2.05, 4.69) is 22.6 Å². The van der Waals surface area contributed by atoms with Gasteiger partial charge < -0.3 is 4.74 Å². The van der Waals surface area contributed by atoms with Crippen LogP contribution in [0.2, 0.25) is 5.02 Å². The molecule has 0 fully saturated rings. The Bertz CT molecular complexity index is 715. The Labute approximate surface area is 140 Å². The molecule has 20 heavy (non-hydrogen) atoms. The van der Waals surface area contributed by atoms with Gasteiger partial charge in [-0.1, -0.05) is 23.7 Å². The van der Waals surface area contributed by atoms with E-state index >= 15 is 0 Å². The summed E-state index contributed by atoms with van der Waals surface area (Å²) >= 11 is 7.98. The Kier molecular flexibility index (Phi) is 5.17. The van der Waals surface area contributed by atoms with Gasteiger partial charge in [0.1, 0.15) is 17.3 Å². The minimum absolute atomic E-state index is 0.128. The minimum atomic E-state index is -3.91. The smallest absolute Gasteiger partial charge is 0.265 e. The molecule has 2 aromatic carbocycles. The molecular formula is C13H9Cl2IO3S. The summed E-state index contributed by atoms with van der Waals surface area (Å²) in [6.07, 6.45) is 0. The molecule has 0 unspecified atom stereocenters. The molecule has 0 aliphatic carbocycles. The van der Waals surface area contributed by atoms with Gasteiger partial charge in [0.05, 0.1) is 0 Å². The summed E-state index contributed by atoms with van der Waals surface area (Å²) < 4.78 is 29.6. The van der Waals surface area contributed by atoms with Crippen LogP contribution in [0.4, 0.5) is 0 Å². The van der Waals surface area contributed by atoms with E-state index in [1.165, 1.54) is 12.1 Å². The summed E-state index contributed by atoms with van der Waals surface area (Å²) in [4.78, 5) is -0.128. The van der Waals surface area contributed by atoms with Crippen molar-refractivity contribution in [2.24, 2.45) is 0 Å². The van der Waals surface area contributed by atoms with Crippen molar-refractivity contribution < 1.29 is 13.2 Å². The molecule has 0 bridgehead atoms. The second-order valence-corrected chi connectivity index (χ2v) is 8.16. The molecule has 0 atom stereocenters. The molecule has 3 nitrogen and oxygen atoms in total. The normalized spacial score (nSPS) is 11.3. The van der Waals surface area contributed by atoms with Crippen molar-refractivity contribution in [3.05, 3.63) is 56.6 Å². The number of benzene rings is 2. The zero-order chi connectivity index (χ0) is 14.8. The van der Waals surface area contributed by atoms with E-state index in [-0.39, 0.29) is 22.3 Å². The Morgan fingerprint density at radius 1 is 1.10 bits per heavy atom. The topological polar surface area (TPSA) is 43.4 Å². The fourth-order valence-corrected chi connectivity index (χ4v) is 3.13. The predicted molar refractivity (Wildman–Crippen MR) is 88.0 cm³/mol. The Balaban J connectivity index is 2.23. The summed E-state index contributed by atoms with van der Waals surface area (Å²) in [5.41, 5.74) is 0.929. The van der Waals surface area contributed by atoms with Crippen molar-refractivity contribution in [1.82, 2.24) is 0 Å². The van der Waals surface area contributed by atoms with E-state index in [0.717, 1.165) is 9.13 Å². The molecule has 0 radical (unpaired) electrons. The number of ether oxygens (including phenoxy) is 1. The average Bonchev–Trinajstić information content (AvgIpc) is 2.38. The number of rotatable bonds is 4. The lowest BCUT2D eigenvalue weighted by Gasteiger charge is -2.10. The molecule has 106 valence electrons. The molecule has 0 aromatic heterocycles. The molecule has 0 heterocycles. The van der Waals surface area contributed by atoms with Crippen LogP contribution >= 0.6 is 44.9 Å². The molecule has 2 rings (SSSR count). The van der Waals surface area contributed by atoms with E-state index in [0.29, 0.717) is 0 Å². The fourth-order valence-electron chi connectivity index (χ4n) is 1.53. The second kappa shape index (κ2) is 6.51. The molecule has 2 aromatic rings. The molecule has 7 heteroatoms. The minimum Gasteiger partial charge on any atom is -0.487 e. The van der Waals surface area contributed by atoms with Crippen LogP contribution < -0.4 is 4.74 Å². The maximum absolute atomic E-state index is 11.5. The Hall–Kier alpha value is -0.500. The molecule has 0 aliphatic heterocycles. The first-order valence-corrected chi connectivity index (χ1v) is 9.24. The zero-order valence-electron chi connectivity index (χ0n) is 10.0. The van der Waals surface area contributed by atoms with Crippen molar-refractivity contribution in [2.75, 3.05) is 0 Å². The summed E-state index contributed by atoms with van der Waals surface area (Å²) in [7, 11) is 1.47. The number of hydrogen-bond donors (Lipinski definition) is 0. The van der Waals surface area contributed by atoms with E-state index in [1.54, 1.807) is 6.07 Å². The largest absolute Gasteiger partial charge is 0.487 e. The quantitative estimate of drug-likeness (QED) is 0.518. The summed E-state index contributed by atoms with van der Waals surface area (Å²) in [5, 5.41) is 0.283. The van der Waals surface area contributed by atoms with Crippen LogP contribution in [0.1, 0.15) is 5.56 Å². The lowest BCUT2D eigenvalue weighted by atomic mass is 10.2. The van der Waals surface area contributed by atoms with Gasteiger partial charge in [0.2, 0.25) is 0 Å². The lowest BCUT2D eigenvalue weighted by Crippen LogP contribution is -2.00. The predicted octanol–water partition coefficient (Wildman–Crippen LogP) is 4.45. The molecule has 0 saturated heterocycles. The maximum Gasteiger partial charge on any atom is 0.265 e. The van der Waals surface area contributed by atoms with Crippen LogP contribution in [0, 0.1) is 3.57 Å². The molecule has 0 amide bonds. The highest BCUT2D eigenvalue weighted by Crippen LogP contribution is 2.30. The van der Waals surface area contributed by atoms with Crippen molar-refractivity contribution in [1.29, 1.82) is 0 Å². The van der Waals surface area contributed by atoms with Gasteiger partial charge in [0.15, 0.2) is 0 Å². The van der Waals surface area contributed by atoms with Gasteiger partial charge in [-0.15, -0.1) is 0 Å². The summed E-state index contributed by atoms with van der Waals surface area (Å²) in [6, 6.07) is 12.0. The van der Waals surface area contributed by atoms with E-state index in [9.17, 15) is 8.42 Å². The molecular weight excluding hydrogens is 434 g/mol. The maximum atomic E-state index is 11.5. The van der Waals surface area contributed by atoms with Gasteiger partial charge in [-0.25, -0.2) is 8.42 Å². The fraction of sp³-hybridized carbons (Fsp3) is 0.0769. The molecule has 0 spiro atoms. The van der Waals surface area contributed by atoms with E-state index < -0.39 is 9.05 Å². The van der Waals surface area contributed by atoms with Crippen LogP contribution in [0.3, 0.4) is 0 Å². The van der Waals surface area contributed by atoms with Crippen LogP contribution in [-0.4, -0.2) is 8.42 Å². The number of hydrogen-bond acceptors (Lipinski definition) is 3. The highest BCUT2D eigenvalue weighted by molar-refractivity contribution is 14.1. The highest BCUT2D eigenvalue weighted by atomic mass is 127. The third-order valence-electron chi connectivity index (χ3n) is 2.48. The van der Waals surface area contributed by atoms with Gasteiger partial charge in [0, 0.05) is 19.3 Å². The van der Waals surface area contributed by atoms with Crippen molar-refractivity contribution in [2.45, 2.75) is 11.5 Å². The van der Waals surface area contributed by atoms with Crippen LogP contribution in [0.25, 0.3) is 0 Å². The van der Waals surface area contributed by atoms with Gasteiger partial charge in [-0.05, 0) is 58.5 Å². The Morgan fingerprint density at radius 3 is 2.35 bits per heavy atom. The number of halogens is 3. The molecule has 0 aliphatic rings. The standard InChI is InChI=1S/C13H9Cl2IO3S/c14-10-3-6-12(13(7-10)20(15,17)18)19-8-9-1-4-11(16)5-2-9/h1-7H,8H2. The van der Waals surface area contributed by atoms with E-state index in [1.807, 2.05) is 24.3 Å². The van der Waals surface area contributed by atoms with Crippen LogP contribution in [-0.2, 0) is 15.7 Å². The van der Waals surface area contributed by atoms with Crippen molar-refractivity contribution in [3.8, 4) is 5.75 Å². The van der Waals surface area contributed by atoms with Crippen LogP contribution in [0.15, 0.2) is 47.4 Å². The van der Waals surface area contributed by atoms with Crippen molar-refractivity contribution in [3.63, 3.8) is 0 Å². The first-order chi connectivity index (χ1) is 9.36. The van der Waals surface area contributed by atoms with Gasteiger partial charge in [-0.3, -0.25) is 0 Å². The third-order valence-corrected chi connectivity index (χ3v) is 4.77. The van der Waals surface area contributed by atoms with E-state index in [4.69, 9.17) is 27.0 Å². The average molecular weight is 443 g/mol. The molecule has 0 N–H and O–H groups in total. The zero-order valence-corrected chi connectivity index (χ0v) is 14.5. The SMILES string of the molecule is O=S(=O)(Cl)c1cc(Cl)ccc1OCc1ccc(I)cc1.